The summed E-state index contributed by atoms with van der Waals surface area (Å²) in [6, 6.07) is 2.99. The van der Waals surface area contributed by atoms with Crippen molar-refractivity contribution in [2.45, 2.75) is 44.6 Å². The molecule has 0 spiro atoms. The molecule has 1 saturated carbocycles. The van der Waals surface area contributed by atoms with Crippen LogP contribution in [0.3, 0.4) is 0 Å². The minimum absolute atomic E-state index is 0.0481. The van der Waals surface area contributed by atoms with Crippen LogP contribution in [0.5, 0.6) is 0 Å². The number of fused-ring (bicyclic) bond motifs is 1. The van der Waals surface area contributed by atoms with Crippen molar-refractivity contribution in [3.8, 4) is 0 Å². The first-order valence-electron chi connectivity index (χ1n) is 9.02. The normalized spacial score (nSPS) is 21.1. The molecule has 138 valence electrons. The number of nitrogens with two attached hydrogens (primary N) is 1. The van der Waals surface area contributed by atoms with Gasteiger partial charge in [-0.25, -0.2) is 9.18 Å². The zero-order valence-corrected chi connectivity index (χ0v) is 14.7. The maximum atomic E-state index is 13.9. The van der Waals surface area contributed by atoms with Gasteiger partial charge in [0, 0.05) is 18.8 Å². The number of hydrogen-bond acceptors (Lipinski definition) is 5. The molecule has 2 fully saturated rings. The molecule has 0 radical (unpaired) electrons. The van der Waals surface area contributed by atoms with Crippen molar-refractivity contribution in [3.05, 3.63) is 51.2 Å². The number of carbonyl (C=O) groups excluding carboxylic acids is 1. The molecule has 2 aliphatic rings. The van der Waals surface area contributed by atoms with Crippen molar-refractivity contribution in [2.75, 3.05) is 13.1 Å². The first kappa shape index (κ1) is 17.2. The van der Waals surface area contributed by atoms with Gasteiger partial charge in [0.15, 0.2) is 0 Å². The van der Waals surface area contributed by atoms with Crippen LogP contribution < -0.4 is 11.3 Å². The van der Waals surface area contributed by atoms with Crippen LogP contribution in [-0.4, -0.2) is 34.6 Å². The number of hydrogen-bond donors (Lipinski definition) is 1. The Balaban J connectivity index is 1.76. The van der Waals surface area contributed by atoms with Crippen LogP contribution in [0.25, 0.3) is 5.52 Å². The summed E-state index contributed by atoms with van der Waals surface area (Å²) in [4.78, 5) is 30.9. The quantitative estimate of drug-likeness (QED) is 0.908. The third kappa shape index (κ3) is 3.12. The molecule has 0 aromatic carbocycles. The van der Waals surface area contributed by atoms with E-state index < -0.39 is 17.3 Å². The summed E-state index contributed by atoms with van der Waals surface area (Å²) in [6.07, 6.45) is 4.87. The molecule has 1 atom stereocenters. The second-order valence-corrected chi connectivity index (χ2v) is 7.32. The van der Waals surface area contributed by atoms with Gasteiger partial charge in [-0.3, -0.25) is 9.20 Å². The molecule has 2 N–H and O–H groups in total. The van der Waals surface area contributed by atoms with Crippen molar-refractivity contribution in [2.24, 2.45) is 5.73 Å². The average Bonchev–Trinajstić information content (AvgIpc) is 3.40. The van der Waals surface area contributed by atoms with Gasteiger partial charge in [0.2, 0.25) is 0 Å². The van der Waals surface area contributed by atoms with E-state index in [0.717, 1.165) is 37.4 Å². The summed E-state index contributed by atoms with van der Waals surface area (Å²) < 4.78 is 15.1. The minimum Gasteiger partial charge on any atom is -0.364 e. The Morgan fingerprint density at radius 3 is 2.77 bits per heavy atom. The lowest BCUT2D eigenvalue weighted by Gasteiger charge is -2.28. The maximum absolute atomic E-state index is 13.9. The Kier molecular flexibility index (Phi) is 4.28. The minimum atomic E-state index is -0.706. The highest BCUT2D eigenvalue weighted by atomic mass is 19.1. The number of pyridine rings is 2. The standard InChI is InChI=1S/C19H22FN3O3/c1-11-7-13(20)9-23-17(11)15(12-4-5-12)8-16(18(23)24)19(25)26-22-6-2-3-14(21)10-22/h7-9,12,14H,2-6,10,21H2,1H3. The predicted octanol–water partition coefficient (Wildman–Crippen LogP) is 2.12. The number of hydroxylamine groups is 2. The van der Waals surface area contributed by atoms with Gasteiger partial charge in [0.25, 0.3) is 5.56 Å². The van der Waals surface area contributed by atoms with Crippen molar-refractivity contribution < 1.29 is 14.0 Å². The summed E-state index contributed by atoms with van der Waals surface area (Å²) in [7, 11) is 0. The van der Waals surface area contributed by atoms with Gasteiger partial charge in [0.05, 0.1) is 12.1 Å². The highest BCUT2D eigenvalue weighted by Gasteiger charge is 2.30. The molecule has 6 nitrogen and oxygen atoms in total. The number of rotatable bonds is 3. The molecule has 1 aliphatic heterocycles. The van der Waals surface area contributed by atoms with Crippen LogP contribution in [0.2, 0.25) is 0 Å². The number of nitrogens with zero attached hydrogens (tertiary/aromatic N) is 2. The Morgan fingerprint density at radius 2 is 2.08 bits per heavy atom. The molecule has 26 heavy (non-hydrogen) atoms. The predicted molar refractivity (Wildman–Crippen MR) is 94.5 cm³/mol. The van der Waals surface area contributed by atoms with Gasteiger partial charge in [-0.05, 0) is 61.8 Å². The number of carbonyl (C=O) groups is 1. The van der Waals surface area contributed by atoms with Crippen LogP contribution >= 0.6 is 0 Å². The van der Waals surface area contributed by atoms with E-state index in [1.54, 1.807) is 13.0 Å². The first-order chi connectivity index (χ1) is 12.4. The lowest BCUT2D eigenvalue weighted by Crippen LogP contribution is -2.44. The maximum Gasteiger partial charge on any atom is 0.362 e. The van der Waals surface area contributed by atoms with Gasteiger partial charge < -0.3 is 10.6 Å². The molecule has 2 aromatic heterocycles. The molecule has 7 heteroatoms. The Bertz CT molecular complexity index is 936. The van der Waals surface area contributed by atoms with E-state index in [-0.39, 0.29) is 11.6 Å². The Labute approximate surface area is 150 Å². The number of halogens is 1. The summed E-state index contributed by atoms with van der Waals surface area (Å²) in [6.45, 7) is 2.82. The summed E-state index contributed by atoms with van der Waals surface area (Å²) in [5, 5.41) is 1.51. The molecule has 4 rings (SSSR count). The smallest absolute Gasteiger partial charge is 0.362 e. The molecular formula is C19H22FN3O3. The third-order valence-electron chi connectivity index (χ3n) is 5.11. The highest BCUT2D eigenvalue weighted by Crippen LogP contribution is 2.42. The zero-order chi connectivity index (χ0) is 18.4. The van der Waals surface area contributed by atoms with Crippen LogP contribution in [-0.2, 0) is 4.84 Å². The summed E-state index contributed by atoms with van der Waals surface area (Å²) >= 11 is 0. The van der Waals surface area contributed by atoms with E-state index in [4.69, 9.17) is 10.6 Å². The Hall–Kier alpha value is -2.25. The van der Waals surface area contributed by atoms with Gasteiger partial charge in [0.1, 0.15) is 11.4 Å². The molecule has 0 bridgehead atoms. The van der Waals surface area contributed by atoms with Crippen LogP contribution in [0.15, 0.2) is 23.1 Å². The monoisotopic (exact) mass is 359 g/mol. The molecule has 3 heterocycles. The van der Waals surface area contributed by atoms with Crippen molar-refractivity contribution in [1.82, 2.24) is 9.46 Å². The Morgan fingerprint density at radius 1 is 1.31 bits per heavy atom. The molecule has 0 amide bonds. The van der Waals surface area contributed by atoms with Crippen LogP contribution in [0, 0.1) is 12.7 Å². The number of aryl methyl sites for hydroxylation is 1. The average molecular weight is 359 g/mol. The molecule has 1 unspecified atom stereocenters. The lowest BCUT2D eigenvalue weighted by molar-refractivity contribution is -0.122. The SMILES string of the molecule is Cc1cc(F)cn2c(=O)c(C(=O)ON3CCCC(N)C3)cc(C3CC3)c12. The van der Waals surface area contributed by atoms with Crippen molar-refractivity contribution >= 4 is 11.5 Å². The van der Waals surface area contributed by atoms with E-state index in [1.807, 2.05) is 0 Å². The second-order valence-electron chi connectivity index (χ2n) is 7.32. The number of aromatic nitrogens is 1. The van der Waals surface area contributed by atoms with E-state index >= 15 is 0 Å². The fraction of sp³-hybridized carbons (Fsp3) is 0.474. The number of piperidine rings is 1. The van der Waals surface area contributed by atoms with Gasteiger partial charge in [-0.1, -0.05) is 0 Å². The fourth-order valence-electron chi connectivity index (χ4n) is 3.71. The van der Waals surface area contributed by atoms with E-state index in [2.05, 4.69) is 0 Å². The lowest BCUT2D eigenvalue weighted by atomic mass is 10.0. The molecule has 2 aromatic rings. The molecule has 1 aliphatic carbocycles. The second kappa shape index (κ2) is 6.48. The van der Waals surface area contributed by atoms with Crippen LogP contribution in [0.1, 0.15) is 53.1 Å². The molecular weight excluding hydrogens is 337 g/mol. The van der Waals surface area contributed by atoms with E-state index in [0.29, 0.717) is 30.1 Å². The molecule has 1 saturated heterocycles. The van der Waals surface area contributed by atoms with Gasteiger partial charge in [-0.15, -0.1) is 5.06 Å². The topological polar surface area (TPSA) is 77.0 Å². The highest BCUT2D eigenvalue weighted by molar-refractivity contribution is 5.90. The first-order valence-corrected chi connectivity index (χ1v) is 9.02. The van der Waals surface area contributed by atoms with Crippen molar-refractivity contribution in [3.63, 3.8) is 0 Å². The van der Waals surface area contributed by atoms with Crippen molar-refractivity contribution in [1.29, 1.82) is 0 Å². The fourth-order valence-corrected chi connectivity index (χ4v) is 3.71. The van der Waals surface area contributed by atoms with E-state index in [9.17, 15) is 14.0 Å². The third-order valence-corrected chi connectivity index (χ3v) is 5.11. The van der Waals surface area contributed by atoms with E-state index in [1.165, 1.54) is 15.5 Å². The van der Waals surface area contributed by atoms with Gasteiger partial charge >= 0.3 is 5.97 Å². The zero-order valence-electron chi connectivity index (χ0n) is 14.7. The summed E-state index contributed by atoms with van der Waals surface area (Å²) in [5.41, 5.74) is 7.57. The van der Waals surface area contributed by atoms with Gasteiger partial charge in [-0.2, -0.15) is 0 Å². The van der Waals surface area contributed by atoms with Crippen LogP contribution in [0.4, 0.5) is 4.39 Å². The largest absolute Gasteiger partial charge is 0.364 e. The summed E-state index contributed by atoms with van der Waals surface area (Å²) in [5.74, 6) is -0.918.